The number of para-hydroxylation sites is 2. The average molecular weight is 342 g/mol. The van der Waals surface area contributed by atoms with Crippen LogP contribution in [0.15, 0.2) is 83.3 Å². The first-order valence-electron chi connectivity index (χ1n) is 6.61. The van der Waals surface area contributed by atoms with Gasteiger partial charge in [0.05, 0.1) is 5.69 Å². The van der Waals surface area contributed by atoms with Crippen molar-refractivity contribution < 1.29 is 4.39 Å². The van der Waals surface area contributed by atoms with Crippen molar-refractivity contribution in [2.24, 2.45) is 0 Å². The number of benzene rings is 3. The lowest BCUT2D eigenvalue weighted by molar-refractivity contribution is 0.629. The van der Waals surface area contributed by atoms with Gasteiger partial charge in [-0.3, -0.25) is 0 Å². The van der Waals surface area contributed by atoms with Crippen LogP contribution < -0.4 is 4.90 Å². The number of halogens is 2. The van der Waals surface area contributed by atoms with Gasteiger partial charge in [0.2, 0.25) is 0 Å². The maximum atomic E-state index is 14.2. The molecule has 0 spiro atoms. The van der Waals surface area contributed by atoms with Crippen LogP contribution in [0, 0.1) is 5.82 Å². The molecule has 0 aromatic heterocycles. The van der Waals surface area contributed by atoms with Crippen LogP contribution in [0.4, 0.5) is 21.5 Å². The first kappa shape index (κ1) is 13.8. The number of hydrogen-bond donors (Lipinski definition) is 0. The lowest BCUT2D eigenvalue weighted by Crippen LogP contribution is -2.11. The molecule has 0 radical (unpaired) electrons. The van der Waals surface area contributed by atoms with E-state index in [-0.39, 0.29) is 5.82 Å². The molecule has 3 heteroatoms. The highest BCUT2D eigenvalue weighted by Crippen LogP contribution is 2.36. The zero-order chi connectivity index (χ0) is 14.7. The van der Waals surface area contributed by atoms with Gasteiger partial charge in [0.1, 0.15) is 5.82 Å². The minimum Gasteiger partial charge on any atom is -0.308 e. The van der Waals surface area contributed by atoms with Crippen LogP contribution in [0.3, 0.4) is 0 Å². The minimum absolute atomic E-state index is 0.246. The van der Waals surface area contributed by atoms with Crippen molar-refractivity contribution >= 4 is 33.0 Å². The van der Waals surface area contributed by atoms with Gasteiger partial charge < -0.3 is 4.90 Å². The van der Waals surface area contributed by atoms with Gasteiger partial charge in [-0.25, -0.2) is 4.39 Å². The third-order valence-electron chi connectivity index (χ3n) is 3.19. The Hall–Kier alpha value is -2.13. The molecular formula is C18H13BrFN. The quantitative estimate of drug-likeness (QED) is 0.559. The first-order chi connectivity index (χ1) is 10.3. The average Bonchev–Trinajstić information content (AvgIpc) is 2.52. The van der Waals surface area contributed by atoms with Crippen LogP contribution in [0.1, 0.15) is 0 Å². The van der Waals surface area contributed by atoms with Crippen molar-refractivity contribution in [1.29, 1.82) is 0 Å². The Balaban J connectivity index is 2.16. The van der Waals surface area contributed by atoms with Gasteiger partial charge in [0.15, 0.2) is 0 Å². The summed E-state index contributed by atoms with van der Waals surface area (Å²) in [5, 5.41) is 0. The molecule has 0 heterocycles. The predicted octanol–water partition coefficient (Wildman–Crippen LogP) is 6.06. The lowest BCUT2D eigenvalue weighted by Gasteiger charge is -2.25. The van der Waals surface area contributed by atoms with E-state index in [2.05, 4.69) is 15.9 Å². The summed E-state index contributed by atoms with van der Waals surface area (Å²) in [7, 11) is 0. The van der Waals surface area contributed by atoms with E-state index in [0.717, 1.165) is 15.8 Å². The summed E-state index contributed by atoms with van der Waals surface area (Å²) in [5.41, 5.74) is 2.37. The predicted molar refractivity (Wildman–Crippen MR) is 88.8 cm³/mol. The molecule has 0 saturated carbocycles. The highest BCUT2D eigenvalue weighted by molar-refractivity contribution is 9.10. The lowest BCUT2D eigenvalue weighted by atomic mass is 10.2. The zero-order valence-electron chi connectivity index (χ0n) is 11.2. The highest BCUT2D eigenvalue weighted by atomic mass is 79.9. The summed E-state index contributed by atoms with van der Waals surface area (Å²) in [6.45, 7) is 0. The number of hydrogen-bond acceptors (Lipinski definition) is 1. The van der Waals surface area contributed by atoms with Crippen LogP contribution in [0.25, 0.3) is 0 Å². The van der Waals surface area contributed by atoms with Crippen LogP contribution in [0.2, 0.25) is 0 Å². The molecule has 0 amide bonds. The summed E-state index contributed by atoms with van der Waals surface area (Å²) < 4.78 is 15.2. The highest BCUT2D eigenvalue weighted by Gasteiger charge is 2.15. The molecule has 0 fully saturated rings. The summed E-state index contributed by atoms with van der Waals surface area (Å²) in [6, 6.07) is 24.4. The fraction of sp³-hybridized carbons (Fsp3) is 0. The zero-order valence-corrected chi connectivity index (χ0v) is 12.8. The Morgan fingerprint density at radius 3 is 1.90 bits per heavy atom. The molecule has 104 valence electrons. The van der Waals surface area contributed by atoms with Gasteiger partial charge in [0.25, 0.3) is 0 Å². The molecule has 3 rings (SSSR count). The van der Waals surface area contributed by atoms with Crippen LogP contribution in [-0.4, -0.2) is 0 Å². The first-order valence-corrected chi connectivity index (χ1v) is 7.40. The largest absolute Gasteiger partial charge is 0.308 e. The molecule has 0 atom stereocenters. The molecule has 21 heavy (non-hydrogen) atoms. The fourth-order valence-electron chi connectivity index (χ4n) is 2.23. The van der Waals surface area contributed by atoms with Crippen LogP contribution in [0.5, 0.6) is 0 Å². The topological polar surface area (TPSA) is 3.24 Å². The van der Waals surface area contributed by atoms with Gasteiger partial charge in [-0.05, 0) is 48.5 Å². The maximum Gasteiger partial charge on any atom is 0.147 e. The molecule has 0 bridgehead atoms. The summed E-state index contributed by atoms with van der Waals surface area (Å²) >= 11 is 3.43. The molecule has 0 N–H and O–H groups in total. The third kappa shape index (κ3) is 2.98. The SMILES string of the molecule is Fc1ccccc1N(c1ccccc1)c1ccc(Br)cc1. The maximum absolute atomic E-state index is 14.2. The number of anilines is 3. The molecule has 3 aromatic rings. The third-order valence-corrected chi connectivity index (χ3v) is 3.72. The second-order valence-electron chi connectivity index (χ2n) is 4.60. The Morgan fingerprint density at radius 1 is 0.667 bits per heavy atom. The van der Waals surface area contributed by atoms with Gasteiger partial charge in [-0.15, -0.1) is 0 Å². The van der Waals surface area contributed by atoms with Crippen molar-refractivity contribution in [1.82, 2.24) is 0 Å². The van der Waals surface area contributed by atoms with E-state index in [9.17, 15) is 4.39 Å². The Bertz CT molecular complexity index is 726. The van der Waals surface area contributed by atoms with Crippen molar-refractivity contribution in [2.45, 2.75) is 0 Å². The molecule has 0 unspecified atom stereocenters. The van der Waals surface area contributed by atoms with E-state index in [1.165, 1.54) is 6.07 Å². The summed E-state index contributed by atoms with van der Waals surface area (Å²) in [6.07, 6.45) is 0. The summed E-state index contributed by atoms with van der Waals surface area (Å²) in [4.78, 5) is 1.90. The second-order valence-corrected chi connectivity index (χ2v) is 5.51. The van der Waals surface area contributed by atoms with Crippen LogP contribution >= 0.6 is 15.9 Å². The minimum atomic E-state index is -0.246. The van der Waals surface area contributed by atoms with E-state index >= 15 is 0 Å². The van der Waals surface area contributed by atoms with Gasteiger partial charge in [0, 0.05) is 15.8 Å². The van der Waals surface area contributed by atoms with E-state index < -0.39 is 0 Å². The summed E-state index contributed by atoms with van der Waals surface area (Å²) in [5.74, 6) is -0.246. The van der Waals surface area contributed by atoms with Gasteiger partial charge in [-0.1, -0.05) is 46.3 Å². The number of rotatable bonds is 3. The van der Waals surface area contributed by atoms with Crippen molar-refractivity contribution in [3.05, 3.63) is 89.2 Å². The van der Waals surface area contributed by atoms with E-state index in [0.29, 0.717) is 5.69 Å². The molecule has 0 aliphatic carbocycles. The van der Waals surface area contributed by atoms with Crippen LogP contribution in [-0.2, 0) is 0 Å². The molecular weight excluding hydrogens is 329 g/mol. The monoisotopic (exact) mass is 341 g/mol. The Morgan fingerprint density at radius 2 is 1.24 bits per heavy atom. The van der Waals surface area contributed by atoms with Crippen molar-refractivity contribution in [3.8, 4) is 0 Å². The molecule has 0 saturated heterocycles. The van der Waals surface area contributed by atoms with Gasteiger partial charge in [-0.2, -0.15) is 0 Å². The van der Waals surface area contributed by atoms with Crippen molar-refractivity contribution in [2.75, 3.05) is 4.90 Å². The fourth-order valence-corrected chi connectivity index (χ4v) is 2.49. The Labute approximate surface area is 131 Å². The molecule has 1 nitrogen and oxygen atoms in total. The Kier molecular flexibility index (Phi) is 4.02. The molecule has 3 aromatic carbocycles. The van der Waals surface area contributed by atoms with Gasteiger partial charge >= 0.3 is 0 Å². The molecule has 0 aliphatic heterocycles. The molecule has 0 aliphatic rings. The van der Waals surface area contributed by atoms with E-state index in [4.69, 9.17) is 0 Å². The smallest absolute Gasteiger partial charge is 0.147 e. The van der Waals surface area contributed by atoms with E-state index in [1.54, 1.807) is 12.1 Å². The van der Waals surface area contributed by atoms with E-state index in [1.807, 2.05) is 65.6 Å². The standard InChI is InChI=1S/C18H13BrFN/c19-14-10-12-16(13-11-14)21(15-6-2-1-3-7-15)18-9-5-4-8-17(18)20/h1-13H. The van der Waals surface area contributed by atoms with Crippen molar-refractivity contribution in [3.63, 3.8) is 0 Å². The number of nitrogens with zero attached hydrogens (tertiary/aromatic N) is 1. The normalized spacial score (nSPS) is 10.4. The second kappa shape index (κ2) is 6.10.